The summed E-state index contributed by atoms with van der Waals surface area (Å²) in [6.07, 6.45) is 6.19. The van der Waals surface area contributed by atoms with E-state index in [2.05, 4.69) is 11.9 Å². The van der Waals surface area contributed by atoms with Crippen molar-refractivity contribution in [2.24, 2.45) is 5.92 Å². The molecule has 2 atom stereocenters. The molecule has 0 saturated carbocycles. The number of aromatic nitrogens is 2. The first-order chi connectivity index (χ1) is 11.4. The van der Waals surface area contributed by atoms with Gasteiger partial charge in [0.1, 0.15) is 10.6 Å². The molecule has 0 N–H and O–H groups in total. The van der Waals surface area contributed by atoms with Gasteiger partial charge in [0, 0.05) is 25.5 Å². The Labute approximate surface area is 143 Å². The Morgan fingerprint density at radius 2 is 2.12 bits per heavy atom. The summed E-state index contributed by atoms with van der Waals surface area (Å²) in [7, 11) is -2.10. The Balaban J connectivity index is 1.94. The third kappa shape index (κ3) is 3.06. The summed E-state index contributed by atoms with van der Waals surface area (Å²) in [6.45, 7) is 5.00. The number of piperidine rings is 1. The van der Waals surface area contributed by atoms with Crippen molar-refractivity contribution < 1.29 is 13.2 Å². The van der Waals surface area contributed by atoms with Crippen LogP contribution in [-0.2, 0) is 10.0 Å². The molecule has 0 aliphatic carbocycles. The lowest BCUT2D eigenvalue weighted by atomic mass is 9.95. The number of methoxy groups -OCH3 is 1. The van der Waals surface area contributed by atoms with Crippen molar-refractivity contribution in [3.8, 4) is 5.75 Å². The molecular weight excluding hydrogens is 326 g/mol. The fourth-order valence-electron chi connectivity index (χ4n) is 3.22. The summed E-state index contributed by atoms with van der Waals surface area (Å²) in [5.41, 5.74) is 0.894. The van der Waals surface area contributed by atoms with Crippen molar-refractivity contribution in [3.05, 3.63) is 42.5 Å². The molecule has 0 amide bonds. The Morgan fingerprint density at radius 1 is 1.33 bits per heavy atom. The monoisotopic (exact) mass is 349 g/mol. The number of ether oxygens (including phenoxy) is 1. The molecule has 130 valence electrons. The molecule has 0 spiro atoms. The average molecular weight is 349 g/mol. The molecule has 3 rings (SSSR count). The van der Waals surface area contributed by atoms with Crippen molar-refractivity contribution in [1.29, 1.82) is 0 Å². The summed E-state index contributed by atoms with van der Waals surface area (Å²) in [4.78, 5) is 4.33. The first-order valence-electron chi connectivity index (χ1n) is 8.05. The average Bonchev–Trinajstić information content (AvgIpc) is 3.09. The molecule has 1 aromatic heterocycles. The Kier molecular flexibility index (Phi) is 4.64. The smallest absolute Gasteiger partial charge is 0.246 e. The molecule has 1 aliphatic rings. The van der Waals surface area contributed by atoms with E-state index in [9.17, 15) is 8.42 Å². The lowest BCUT2D eigenvalue weighted by Gasteiger charge is -2.37. The molecule has 2 heterocycles. The molecule has 1 aromatic carbocycles. The van der Waals surface area contributed by atoms with Crippen molar-refractivity contribution >= 4 is 10.0 Å². The van der Waals surface area contributed by atoms with E-state index in [0.717, 1.165) is 12.0 Å². The number of imidazole rings is 1. The fourth-order valence-corrected chi connectivity index (χ4v) is 4.93. The fraction of sp³-hybridized carbons (Fsp3) is 0.471. The SMILES string of the molecule is COc1ccc(C)cc1S(=O)(=O)N1CC[C@@H](C)[C@@H](n2ccnc2)C1. The normalized spacial score (nSPS) is 22.5. The van der Waals surface area contributed by atoms with Gasteiger partial charge in [-0.1, -0.05) is 13.0 Å². The van der Waals surface area contributed by atoms with Crippen LogP contribution in [0.2, 0.25) is 0 Å². The number of sulfonamides is 1. The second-order valence-electron chi connectivity index (χ2n) is 6.36. The molecule has 7 heteroatoms. The van der Waals surface area contributed by atoms with E-state index in [1.54, 1.807) is 29.0 Å². The first kappa shape index (κ1) is 17.0. The second kappa shape index (κ2) is 6.57. The molecule has 2 aromatic rings. The summed E-state index contributed by atoms with van der Waals surface area (Å²) in [5, 5.41) is 0. The van der Waals surface area contributed by atoms with Crippen molar-refractivity contribution in [3.63, 3.8) is 0 Å². The van der Waals surface area contributed by atoms with Crippen LogP contribution in [0.15, 0.2) is 41.8 Å². The first-order valence-corrected chi connectivity index (χ1v) is 9.49. The van der Waals surface area contributed by atoms with E-state index in [4.69, 9.17) is 4.74 Å². The lowest BCUT2D eigenvalue weighted by Crippen LogP contribution is -2.43. The molecule has 24 heavy (non-hydrogen) atoms. The maximum atomic E-state index is 13.2. The number of hydrogen-bond acceptors (Lipinski definition) is 4. The van der Waals surface area contributed by atoms with Gasteiger partial charge in [0.05, 0.1) is 19.5 Å². The van der Waals surface area contributed by atoms with Gasteiger partial charge in [0.15, 0.2) is 0 Å². The van der Waals surface area contributed by atoms with Gasteiger partial charge in [0.2, 0.25) is 10.0 Å². The second-order valence-corrected chi connectivity index (χ2v) is 8.27. The van der Waals surface area contributed by atoms with Crippen LogP contribution >= 0.6 is 0 Å². The number of nitrogens with zero attached hydrogens (tertiary/aromatic N) is 3. The number of aryl methyl sites for hydroxylation is 1. The molecule has 0 radical (unpaired) electrons. The zero-order valence-corrected chi connectivity index (χ0v) is 15.0. The van der Waals surface area contributed by atoms with E-state index in [0.29, 0.717) is 24.8 Å². The highest BCUT2D eigenvalue weighted by molar-refractivity contribution is 7.89. The summed E-state index contributed by atoms with van der Waals surface area (Å²) < 4.78 is 35.2. The van der Waals surface area contributed by atoms with Gasteiger partial charge >= 0.3 is 0 Å². The van der Waals surface area contributed by atoms with Gasteiger partial charge in [-0.05, 0) is 37.0 Å². The molecular formula is C17H23N3O3S. The molecule has 6 nitrogen and oxygen atoms in total. The minimum absolute atomic E-state index is 0.0897. The summed E-state index contributed by atoms with van der Waals surface area (Å²) >= 11 is 0. The maximum absolute atomic E-state index is 13.2. The Morgan fingerprint density at radius 3 is 2.79 bits per heavy atom. The molecule has 1 fully saturated rings. The standard InChI is InChI=1S/C17H23N3O3S/c1-13-4-5-16(23-3)17(10-13)24(21,22)20-8-6-14(2)15(11-20)19-9-7-18-12-19/h4-5,7,9-10,12,14-15H,6,8,11H2,1-3H3/t14-,15+/m1/s1. The number of hydrogen-bond donors (Lipinski definition) is 0. The lowest BCUT2D eigenvalue weighted by molar-refractivity contribution is 0.200. The highest BCUT2D eigenvalue weighted by Crippen LogP contribution is 2.34. The van der Waals surface area contributed by atoms with E-state index < -0.39 is 10.0 Å². The highest BCUT2D eigenvalue weighted by Gasteiger charge is 2.35. The Hall–Kier alpha value is -1.86. The van der Waals surface area contributed by atoms with Gasteiger partial charge in [-0.2, -0.15) is 4.31 Å². The predicted molar refractivity (Wildman–Crippen MR) is 91.5 cm³/mol. The third-order valence-corrected chi connectivity index (χ3v) is 6.61. The van der Waals surface area contributed by atoms with Crippen LogP contribution in [-0.4, -0.2) is 42.5 Å². The van der Waals surface area contributed by atoms with E-state index in [1.807, 2.05) is 23.8 Å². The Bertz CT molecular complexity index is 802. The maximum Gasteiger partial charge on any atom is 0.246 e. The van der Waals surface area contributed by atoms with Gasteiger partial charge in [-0.25, -0.2) is 13.4 Å². The third-order valence-electron chi connectivity index (χ3n) is 4.73. The van der Waals surface area contributed by atoms with E-state index >= 15 is 0 Å². The topological polar surface area (TPSA) is 64.4 Å². The van der Waals surface area contributed by atoms with Gasteiger partial charge < -0.3 is 9.30 Å². The minimum Gasteiger partial charge on any atom is -0.495 e. The quantitative estimate of drug-likeness (QED) is 0.851. The zero-order valence-electron chi connectivity index (χ0n) is 14.2. The van der Waals surface area contributed by atoms with Crippen LogP contribution < -0.4 is 4.74 Å². The summed E-state index contributed by atoms with van der Waals surface area (Å²) in [6, 6.07) is 5.33. The van der Waals surface area contributed by atoms with Crippen molar-refractivity contribution in [2.75, 3.05) is 20.2 Å². The van der Waals surface area contributed by atoms with Crippen LogP contribution in [0.4, 0.5) is 0 Å². The number of rotatable bonds is 4. The van der Waals surface area contributed by atoms with Gasteiger partial charge in [0.25, 0.3) is 0 Å². The highest BCUT2D eigenvalue weighted by atomic mass is 32.2. The van der Waals surface area contributed by atoms with Crippen LogP contribution in [0.25, 0.3) is 0 Å². The molecule has 1 aliphatic heterocycles. The van der Waals surface area contributed by atoms with Crippen LogP contribution in [0.1, 0.15) is 24.9 Å². The number of benzene rings is 1. The van der Waals surface area contributed by atoms with Gasteiger partial charge in [-0.3, -0.25) is 0 Å². The van der Waals surface area contributed by atoms with Crippen molar-refractivity contribution in [2.45, 2.75) is 31.2 Å². The van der Waals surface area contributed by atoms with Crippen LogP contribution in [0, 0.1) is 12.8 Å². The molecule has 0 unspecified atom stereocenters. The van der Waals surface area contributed by atoms with Crippen LogP contribution in [0.5, 0.6) is 5.75 Å². The summed E-state index contributed by atoms with van der Waals surface area (Å²) in [5.74, 6) is 0.781. The molecule has 0 bridgehead atoms. The van der Waals surface area contributed by atoms with E-state index in [1.165, 1.54) is 7.11 Å². The zero-order chi connectivity index (χ0) is 17.3. The van der Waals surface area contributed by atoms with Crippen molar-refractivity contribution in [1.82, 2.24) is 13.9 Å². The largest absolute Gasteiger partial charge is 0.495 e. The van der Waals surface area contributed by atoms with Gasteiger partial charge in [-0.15, -0.1) is 0 Å². The van der Waals surface area contributed by atoms with Crippen LogP contribution in [0.3, 0.4) is 0 Å². The minimum atomic E-state index is -3.60. The van der Waals surface area contributed by atoms with E-state index in [-0.39, 0.29) is 10.9 Å². The predicted octanol–water partition coefficient (Wildman–Crippen LogP) is 2.47. The molecule has 1 saturated heterocycles.